The number of rotatable bonds is 3. The van der Waals surface area contributed by atoms with Crippen LogP contribution in [0.4, 0.5) is 0 Å². The molecule has 2 heteroatoms. The van der Waals surface area contributed by atoms with Crippen LogP contribution in [0.15, 0.2) is 17.7 Å². The normalized spacial score (nSPS) is 13.6. The summed E-state index contributed by atoms with van der Waals surface area (Å²) in [5, 5.41) is 0. The van der Waals surface area contributed by atoms with Crippen LogP contribution in [0.25, 0.3) is 6.08 Å². The van der Waals surface area contributed by atoms with Gasteiger partial charge in [-0.1, -0.05) is 40.2 Å². The Hall–Kier alpha value is -0.270. The standard InChI is InChI=1S/C14H21ClS/c1-10(2)11(9-15)8-12-6-7-13(16-12)14(3,4)5/h6-8,10H,9H2,1-5H3/b11-8+. The van der Waals surface area contributed by atoms with Crippen LogP contribution in [0.5, 0.6) is 0 Å². The first kappa shape index (κ1) is 13.8. The van der Waals surface area contributed by atoms with Gasteiger partial charge in [-0.2, -0.15) is 0 Å². The zero-order valence-corrected chi connectivity index (χ0v) is 12.4. The number of hydrogen-bond acceptors (Lipinski definition) is 1. The van der Waals surface area contributed by atoms with Crippen molar-refractivity contribution in [1.29, 1.82) is 0 Å². The highest BCUT2D eigenvalue weighted by Crippen LogP contribution is 2.31. The Labute approximate surface area is 108 Å². The summed E-state index contributed by atoms with van der Waals surface area (Å²) in [4.78, 5) is 2.74. The zero-order valence-electron chi connectivity index (χ0n) is 10.8. The first-order chi connectivity index (χ1) is 7.34. The lowest BCUT2D eigenvalue weighted by atomic mass is 9.95. The second-order valence-corrected chi connectivity index (χ2v) is 6.84. The molecule has 0 atom stereocenters. The van der Waals surface area contributed by atoms with Gasteiger partial charge in [0.2, 0.25) is 0 Å². The van der Waals surface area contributed by atoms with Crippen molar-refractivity contribution in [3.8, 4) is 0 Å². The van der Waals surface area contributed by atoms with Gasteiger partial charge in [-0.05, 0) is 29.5 Å². The average Bonchev–Trinajstić information content (AvgIpc) is 2.61. The molecule has 0 aliphatic heterocycles. The van der Waals surface area contributed by atoms with Crippen LogP contribution in [0.1, 0.15) is 44.4 Å². The smallest absolute Gasteiger partial charge is 0.0439 e. The molecule has 90 valence electrons. The van der Waals surface area contributed by atoms with Gasteiger partial charge in [0.15, 0.2) is 0 Å². The Kier molecular flexibility index (Phi) is 4.63. The van der Waals surface area contributed by atoms with Crippen molar-refractivity contribution in [3.05, 3.63) is 27.5 Å². The molecule has 0 saturated heterocycles. The van der Waals surface area contributed by atoms with E-state index < -0.39 is 0 Å². The molecule has 0 N–H and O–H groups in total. The van der Waals surface area contributed by atoms with Crippen molar-refractivity contribution in [3.63, 3.8) is 0 Å². The highest BCUT2D eigenvalue weighted by Gasteiger charge is 2.15. The summed E-state index contributed by atoms with van der Waals surface area (Å²) in [5.74, 6) is 1.15. The van der Waals surface area contributed by atoms with Crippen LogP contribution >= 0.6 is 22.9 Å². The largest absolute Gasteiger partial charge is 0.140 e. The van der Waals surface area contributed by atoms with Gasteiger partial charge < -0.3 is 0 Å². The first-order valence-electron chi connectivity index (χ1n) is 5.71. The third-order valence-corrected chi connectivity index (χ3v) is 4.36. The van der Waals surface area contributed by atoms with Gasteiger partial charge in [0.1, 0.15) is 0 Å². The summed E-state index contributed by atoms with van der Waals surface area (Å²) in [6.45, 7) is 11.1. The van der Waals surface area contributed by atoms with Gasteiger partial charge in [-0.25, -0.2) is 0 Å². The van der Waals surface area contributed by atoms with Crippen molar-refractivity contribution in [2.24, 2.45) is 5.92 Å². The fraction of sp³-hybridized carbons (Fsp3) is 0.571. The lowest BCUT2D eigenvalue weighted by Crippen LogP contribution is -2.07. The Balaban J connectivity index is 2.95. The predicted octanol–water partition coefficient (Wildman–Crippen LogP) is 5.32. The summed E-state index contributed by atoms with van der Waals surface area (Å²) < 4.78 is 0. The van der Waals surface area contributed by atoms with E-state index in [9.17, 15) is 0 Å². The van der Waals surface area contributed by atoms with Crippen molar-refractivity contribution >= 4 is 29.0 Å². The summed E-state index contributed by atoms with van der Waals surface area (Å²) in [6, 6.07) is 4.42. The second kappa shape index (κ2) is 5.37. The second-order valence-electron chi connectivity index (χ2n) is 5.46. The first-order valence-corrected chi connectivity index (χ1v) is 7.06. The van der Waals surface area contributed by atoms with Gasteiger partial charge in [0.25, 0.3) is 0 Å². The topological polar surface area (TPSA) is 0 Å². The van der Waals surface area contributed by atoms with Crippen molar-refractivity contribution in [2.75, 3.05) is 5.88 Å². The summed E-state index contributed by atoms with van der Waals surface area (Å²) in [5.41, 5.74) is 1.55. The molecule has 0 nitrogen and oxygen atoms in total. The minimum atomic E-state index is 0.246. The lowest BCUT2D eigenvalue weighted by molar-refractivity contribution is 0.604. The van der Waals surface area contributed by atoms with Gasteiger partial charge in [-0.15, -0.1) is 22.9 Å². The molecule has 16 heavy (non-hydrogen) atoms. The number of alkyl halides is 1. The molecule has 0 spiro atoms. The van der Waals surface area contributed by atoms with Crippen molar-refractivity contribution in [1.82, 2.24) is 0 Å². The molecule has 0 saturated carbocycles. The molecule has 1 heterocycles. The molecule has 0 aromatic carbocycles. The van der Waals surface area contributed by atoms with Crippen LogP contribution in [0.2, 0.25) is 0 Å². The molecule has 0 unspecified atom stereocenters. The van der Waals surface area contributed by atoms with E-state index in [1.807, 2.05) is 11.3 Å². The Morgan fingerprint density at radius 3 is 2.38 bits per heavy atom. The van der Waals surface area contributed by atoms with Crippen LogP contribution < -0.4 is 0 Å². The summed E-state index contributed by atoms with van der Waals surface area (Å²) in [7, 11) is 0. The van der Waals surface area contributed by atoms with E-state index in [4.69, 9.17) is 11.6 Å². The molecule has 1 rings (SSSR count). The van der Waals surface area contributed by atoms with Crippen LogP contribution in [0.3, 0.4) is 0 Å². The number of halogens is 1. The van der Waals surface area contributed by atoms with E-state index >= 15 is 0 Å². The molecule has 1 aromatic rings. The molecule has 0 aliphatic rings. The van der Waals surface area contributed by atoms with Gasteiger partial charge >= 0.3 is 0 Å². The molecule has 0 aliphatic carbocycles. The summed E-state index contributed by atoms with van der Waals surface area (Å²) >= 11 is 7.81. The zero-order chi connectivity index (χ0) is 12.3. The lowest BCUT2D eigenvalue weighted by Gasteiger charge is -2.15. The van der Waals surface area contributed by atoms with E-state index in [1.54, 1.807) is 0 Å². The van der Waals surface area contributed by atoms with Gasteiger partial charge in [-0.3, -0.25) is 0 Å². The molecule has 0 fully saturated rings. The molecule has 0 bridgehead atoms. The number of hydrogen-bond donors (Lipinski definition) is 0. The van der Waals surface area contributed by atoms with E-state index in [1.165, 1.54) is 15.3 Å². The highest BCUT2D eigenvalue weighted by molar-refractivity contribution is 7.13. The van der Waals surface area contributed by atoms with E-state index in [2.05, 4.69) is 52.8 Å². The van der Waals surface area contributed by atoms with E-state index in [-0.39, 0.29) is 5.41 Å². The molecule has 0 radical (unpaired) electrons. The van der Waals surface area contributed by atoms with Gasteiger partial charge in [0, 0.05) is 15.6 Å². The minimum Gasteiger partial charge on any atom is -0.140 e. The SMILES string of the molecule is CC(C)/C(=C/c1ccc(C(C)(C)C)s1)CCl. The molecular formula is C14H21ClS. The van der Waals surface area contributed by atoms with E-state index in [0.29, 0.717) is 11.8 Å². The summed E-state index contributed by atoms with van der Waals surface area (Å²) in [6.07, 6.45) is 2.23. The third-order valence-electron chi connectivity index (χ3n) is 2.59. The number of allylic oxidation sites excluding steroid dienone is 1. The Bertz CT molecular complexity index is 366. The minimum absolute atomic E-state index is 0.246. The fourth-order valence-corrected chi connectivity index (χ4v) is 2.80. The Morgan fingerprint density at radius 2 is 2.00 bits per heavy atom. The number of thiophene rings is 1. The Morgan fingerprint density at radius 1 is 1.38 bits per heavy atom. The molecule has 1 aromatic heterocycles. The van der Waals surface area contributed by atoms with E-state index in [0.717, 1.165) is 0 Å². The maximum absolute atomic E-state index is 5.95. The van der Waals surface area contributed by atoms with Crippen LogP contribution in [-0.4, -0.2) is 5.88 Å². The monoisotopic (exact) mass is 256 g/mol. The fourth-order valence-electron chi connectivity index (χ4n) is 1.38. The average molecular weight is 257 g/mol. The quantitative estimate of drug-likeness (QED) is 0.642. The van der Waals surface area contributed by atoms with Gasteiger partial charge in [0.05, 0.1) is 0 Å². The third kappa shape index (κ3) is 3.64. The molecule has 0 amide bonds. The van der Waals surface area contributed by atoms with Crippen LogP contribution in [0, 0.1) is 5.92 Å². The van der Waals surface area contributed by atoms with Crippen molar-refractivity contribution < 1.29 is 0 Å². The maximum Gasteiger partial charge on any atom is 0.0439 e. The predicted molar refractivity (Wildman–Crippen MR) is 76.6 cm³/mol. The maximum atomic E-state index is 5.95. The molecular weight excluding hydrogens is 236 g/mol. The highest BCUT2D eigenvalue weighted by atomic mass is 35.5. The van der Waals surface area contributed by atoms with Crippen molar-refractivity contribution in [2.45, 2.75) is 40.0 Å². The van der Waals surface area contributed by atoms with Crippen LogP contribution in [-0.2, 0) is 5.41 Å².